The summed E-state index contributed by atoms with van der Waals surface area (Å²) in [6.07, 6.45) is 3.87. The van der Waals surface area contributed by atoms with Gasteiger partial charge in [-0.2, -0.15) is 5.10 Å². The third-order valence-corrected chi connectivity index (χ3v) is 2.63. The van der Waals surface area contributed by atoms with Gasteiger partial charge in [0.15, 0.2) is 0 Å². The highest BCUT2D eigenvalue weighted by Crippen LogP contribution is 2.25. The molecule has 0 saturated heterocycles. The summed E-state index contributed by atoms with van der Waals surface area (Å²) in [5, 5.41) is 4.16. The lowest BCUT2D eigenvalue weighted by Gasteiger charge is -2.07. The van der Waals surface area contributed by atoms with Crippen molar-refractivity contribution in [1.29, 1.82) is 0 Å². The Bertz CT molecular complexity index is 485. The second kappa shape index (κ2) is 6.30. The molecule has 0 aliphatic heterocycles. The van der Waals surface area contributed by atoms with Gasteiger partial charge in [-0.15, -0.1) is 9.80 Å². The predicted molar refractivity (Wildman–Crippen MR) is 85.5 cm³/mol. The van der Waals surface area contributed by atoms with E-state index in [0.717, 1.165) is 22.4 Å². The van der Waals surface area contributed by atoms with Crippen LogP contribution in [0.15, 0.2) is 24.5 Å². The molecule has 0 atom stereocenters. The Kier molecular flexibility index (Phi) is 5.32. The van der Waals surface area contributed by atoms with E-state index in [1.807, 2.05) is 54.5 Å². The van der Waals surface area contributed by atoms with Crippen LogP contribution in [0.3, 0.4) is 0 Å². The van der Waals surface area contributed by atoms with E-state index < -0.39 is 0 Å². The molecule has 0 aliphatic carbocycles. The van der Waals surface area contributed by atoms with Gasteiger partial charge in [0.25, 0.3) is 0 Å². The van der Waals surface area contributed by atoms with Crippen LogP contribution in [-0.4, -0.2) is 9.78 Å². The molecule has 0 amide bonds. The summed E-state index contributed by atoms with van der Waals surface area (Å²) in [7, 11) is 5.41. The molecule has 0 saturated carbocycles. The van der Waals surface area contributed by atoms with Crippen molar-refractivity contribution in [3.63, 3.8) is 0 Å². The van der Waals surface area contributed by atoms with Crippen LogP contribution < -0.4 is 5.73 Å². The van der Waals surface area contributed by atoms with Gasteiger partial charge in [-0.05, 0) is 63.9 Å². The minimum absolute atomic E-state index is 0.877. The summed E-state index contributed by atoms with van der Waals surface area (Å²) in [5.74, 6) is 0. The molecule has 1 aromatic heterocycles. The van der Waals surface area contributed by atoms with Gasteiger partial charge >= 0.3 is 0 Å². The lowest BCUT2D eigenvalue weighted by Crippen LogP contribution is -1.94. The molecule has 2 aromatic rings. The first-order valence-corrected chi connectivity index (χ1v) is 8.34. The summed E-state index contributed by atoms with van der Waals surface area (Å²) >= 11 is 1.84. The number of nitrogen functional groups attached to an aromatic ring is 1. The molecule has 3 nitrogen and oxygen atoms in total. The van der Waals surface area contributed by atoms with Crippen LogP contribution in [0.5, 0.6) is 0 Å². The summed E-state index contributed by atoms with van der Waals surface area (Å²) in [4.78, 5) is 0. The van der Waals surface area contributed by atoms with Crippen LogP contribution in [0.25, 0.3) is 11.1 Å². The number of nitrogens with two attached hydrogens (primary N) is 1. The molecule has 2 rings (SSSR count). The number of anilines is 1. The molecule has 1 aromatic carbocycles. The number of aromatic nitrogens is 2. The fourth-order valence-corrected chi connectivity index (χ4v) is 1.71. The van der Waals surface area contributed by atoms with Crippen LogP contribution in [-0.2, 0) is 7.05 Å². The Labute approximate surface area is 119 Å². The van der Waals surface area contributed by atoms with E-state index in [9.17, 15) is 0 Å². The Morgan fingerprint density at radius 2 is 1.71 bits per heavy atom. The van der Waals surface area contributed by atoms with Gasteiger partial charge < -0.3 is 5.73 Å². The molecule has 0 fully saturated rings. The first-order chi connectivity index (χ1) is 8.08. The maximum absolute atomic E-state index is 5.91. The molecule has 0 bridgehead atoms. The van der Waals surface area contributed by atoms with Gasteiger partial charge in [-0.25, -0.2) is 0 Å². The van der Waals surface area contributed by atoms with E-state index in [2.05, 4.69) is 27.0 Å². The zero-order chi connectivity index (χ0) is 13.0. The van der Waals surface area contributed by atoms with Crippen molar-refractivity contribution < 1.29 is 0 Å². The number of rotatable bonds is 1. The maximum Gasteiger partial charge on any atom is 0.0568 e. The maximum atomic E-state index is 5.91. The molecular formula is C12H16IN3S. The highest BCUT2D eigenvalue weighted by molar-refractivity contribution is 14.2. The van der Waals surface area contributed by atoms with Gasteiger partial charge in [-0.1, -0.05) is 0 Å². The summed E-state index contributed by atoms with van der Waals surface area (Å²) in [5.41, 5.74) is 11.3. The Morgan fingerprint density at radius 3 is 2.12 bits per heavy atom. The van der Waals surface area contributed by atoms with Crippen molar-refractivity contribution in [3.05, 3.63) is 35.7 Å². The van der Waals surface area contributed by atoms with E-state index in [-0.39, 0.29) is 0 Å². The Hall–Kier alpha value is -0.690. The Morgan fingerprint density at radius 1 is 1.18 bits per heavy atom. The van der Waals surface area contributed by atoms with Crippen molar-refractivity contribution in [2.75, 3.05) is 5.73 Å². The SMILES string of the molecule is Cc1cc(-c2cnn(C)c2)cc(C)c1N.SI. The molecule has 0 spiro atoms. The normalized spacial score (nSPS) is 9.71. The molecule has 1 heterocycles. The predicted octanol–water partition coefficient (Wildman–Crippen LogP) is 3.55. The quantitative estimate of drug-likeness (QED) is 0.464. The number of benzene rings is 1. The van der Waals surface area contributed by atoms with Gasteiger partial charge in [-0.3, -0.25) is 4.68 Å². The largest absolute Gasteiger partial charge is 0.398 e. The lowest BCUT2D eigenvalue weighted by atomic mass is 10.0. The van der Waals surface area contributed by atoms with Crippen molar-refractivity contribution in [3.8, 4) is 11.1 Å². The van der Waals surface area contributed by atoms with E-state index in [1.54, 1.807) is 4.68 Å². The van der Waals surface area contributed by atoms with E-state index in [4.69, 9.17) is 5.73 Å². The first kappa shape index (κ1) is 14.4. The van der Waals surface area contributed by atoms with Crippen LogP contribution >= 0.6 is 31.0 Å². The lowest BCUT2D eigenvalue weighted by molar-refractivity contribution is 0.768. The van der Waals surface area contributed by atoms with Crippen LogP contribution in [0.4, 0.5) is 5.69 Å². The molecular weight excluding hydrogens is 345 g/mol. The molecule has 0 radical (unpaired) electrons. The fourth-order valence-electron chi connectivity index (χ4n) is 1.71. The molecule has 0 unspecified atom stereocenters. The van der Waals surface area contributed by atoms with Gasteiger partial charge in [0.05, 0.1) is 6.20 Å². The van der Waals surface area contributed by atoms with Crippen LogP contribution in [0.1, 0.15) is 11.1 Å². The van der Waals surface area contributed by atoms with Crippen molar-refractivity contribution in [2.24, 2.45) is 7.05 Å². The van der Waals surface area contributed by atoms with Crippen LogP contribution in [0.2, 0.25) is 0 Å². The highest BCUT2D eigenvalue weighted by atomic mass is 127. The van der Waals surface area contributed by atoms with Crippen LogP contribution in [0, 0.1) is 13.8 Å². The monoisotopic (exact) mass is 361 g/mol. The smallest absolute Gasteiger partial charge is 0.0568 e. The van der Waals surface area contributed by atoms with Gasteiger partial charge in [0, 0.05) is 24.5 Å². The number of thiol groups is 1. The average molecular weight is 361 g/mol. The molecule has 5 heteroatoms. The summed E-state index contributed by atoms with van der Waals surface area (Å²) in [6, 6.07) is 4.19. The first-order valence-electron chi connectivity index (χ1n) is 5.10. The van der Waals surface area contributed by atoms with E-state index in [0.29, 0.717) is 0 Å². The Balaban J connectivity index is 0.000000686. The standard InChI is InChI=1S/C12H15N3.HIS/c1-8-4-10(5-9(2)12(8)13)11-6-14-15(3)7-11;1-2/h4-7H,13H2,1-3H3;2H. The third-order valence-electron chi connectivity index (χ3n) is 2.63. The fraction of sp³-hybridized carbons (Fsp3) is 0.250. The number of aryl methyl sites for hydroxylation is 3. The van der Waals surface area contributed by atoms with Crippen molar-refractivity contribution >= 4 is 36.7 Å². The number of nitrogens with zero attached hydrogens (tertiary/aromatic N) is 2. The average Bonchev–Trinajstić information content (AvgIpc) is 2.75. The minimum Gasteiger partial charge on any atom is -0.398 e. The zero-order valence-corrected chi connectivity index (χ0v) is 13.2. The van der Waals surface area contributed by atoms with E-state index >= 15 is 0 Å². The van der Waals surface area contributed by atoms with Crippen molar-refractivity contribution in [2.45, 2.75) is 13.8 Å². The second-order valence-corrected chi connectivity index (χ2v) is 3.93. The minimum atomic E-state index is 0.877. The third kappa shape index (κ3) is 3.38. The number of halogens is 1. The summed E-state index contributed by atoms with van der Waals surface area (Å²) < 4.78 is 1.80. The molecule has 92 valence electrons. The second-order valence-electron chi connectivity index (χ2n) is 3.93. The highest BCUT2D eigenvalue weighted by Gasteiger charge is 2.05. The van der Waals surface area contributed by atoms with Crippen molar-refractivity contribution in [1.82, 2.24) is 9.78 Å². The zero-order valence-electron chi connectivity index (χ0n) is 10.1. The summed E-state index contributed by atoms with van der Waals surface area (Å²) in [6.45, 7) is 4.06. The van der Waals surface area contributed by atoms with E-state index in [1.165, 1.54) is 5.56 Å². The number of hydrogen-bond acceptors (Lipinski definition) is 3. The van der Waals surface area contributed by atoms with Gasteiger partial charge in [0.2, 0.25) is 0 Å². The number of hydrogen-bond donors (Lipinski definition) is 2. The topological polar surface area (TPSA) is 43.8 Å². The molecule has 2 N–H and O–H groups in total. The molecule has 0 aliphatic rings. The van der Waals surface area contributed by atoms with Gasteiger partial charge in [0.1, 0.15) is 0 Å². The molecule has 17 heavy (non-hydrogen) atoms.